The third-order valence-electron chi connectivity index (χ3n) is 6.74. The van der Waals surface area contributed by atoms with Gasteiger partial charge in [-0.05, 0) is 70.3 Å². The van der Waals surface area contributed by atoms with Gasteiger partial charge in [-0.3, -0.25) is 9.59 Å². The van der Waals surface area contributed by atoms with E-state index in [0.29, 0.717) is 34.5 Å². The number of fused-ring (bicyclic) bond motifs is 1. The van der Waals surface area contributed by atoms with Crippen LogP contribution in [0.1, 0.15) is 72.6 Å². The maximum atomic E-state index is 13.2. The molecule has 1 heterocycles. The Hall–Kier alpha value is -4.23. The van der Waals surface area contributed by atoms with Crippen molar-refractivity contribution in [3.05, 3.63) is 101 Å². The van der Waals surface area contributed by atoms with Crippen LogP contribution in [0.3, 0.4) is 0 Å². The van der Waals surface area contributed by atoms with Gasteiger partial charge in [0.05, 0.1) is 6.04 Å². The lowest BCUT2D eigenvalue weighted by Gasteiger charge is -2.25. The predicted octanol–water partition coefficient (Wildman–Crippen LogP) is 5.53. The van der Waals surface area contributed by atoms with Crippen LogP contribution in [0, 0.1) is 0 Å². The number of nitrogens with two attached hydrogens (primary N) is 1. The van der Waals surface area contributed by atoms with Crippen LogP contribution in [0.25, 0.3) is 10.8 Å². The summed E-state index contributed by atoms with van der Waals surface area (Å²) in [5.41, 5.74) is 9.74. The predicted molar refractivity (Wildman–Crippen MR) is 152 cm³/mol. The van der Waals surface area contributed by atoms with E-state index in [9.17, 15) is 14.7 Å². The minimum Gasteiger partial charge on any atom is -0.383 e. The highest BCUT2D eigenvalue weighted by molar-refractivity contribution is 6.00. The molecular formula is C31H34N4O3. The lowest BCUT2D eigenvalue weighted by Crippen LogP contribution is -2.42. The maximum Gasteiger partial charge on any atom is 0.255 e. The van der Waals surface area contributed by atoms with E-state index in [1.807, 2.05) is 36.4 Å². The first-order valence-corrected chi connectivity index (χ1v) is 12.8. The lowest BCUT2D eigenvalue weighted by molar-refractivity contribution is -0.125. The van der Waals surface area contributed by atoms with Gasteiger partial charge in [-0.15, -0.1) is 0 Å². The second-order valence-corrected chi connectivity index (χ2v) is 10.1. The highest BCUT2D eigenvalue weighted by Crippen LogP contribution is 2.25. The van der Waals surface area contributed by atoms with E-state index >= 15 is 0 Å². The Balaban J connectivity index is 1.59. The number of benzene rings is 3. The van der Waals surface area contributed by atoms with Crippen molar-refractivity contribution in [1.29, 1.82) is 0 Å². The van der Waals surface area contributed by atoms with Gasteiger partial charge >= 0.3 is 0 Å². The Morgan fingerprint density at radius 3 is 2.00 bits per heavy atom. The van der Waals surface area contributed by atoms with E-state index in [1.165, 1.54) is 0 Å². The molecule has 0 spiro atoms. The molecule has 7 heteroatoms. The summed E-state index contributed by atoms with van der Waals surface area (Å²) in [5, 5.41) is 18.4. The van der Waals surface area contributed by atoms with Gasteiger partial charge in [-0.2, -0.15) is 0 Å². The number of amides is 2. The van der Waals surface area contributed by atoms with E-state index in [2.05, 4.69) is 43.3 Å². The zero-order valence-electron chi connectivity index (χ0n) is 22.1. The fourth-order valence-electron chi connectivity index (χ4n) is 4.32. The highest BCUT2D eigenvalue weighted by atomic mass is 16.3. The van der Waals surface area contributed by atoms with E-state index in [-0.39, 0.29) is 5.91 Å². The van der Waals surface area contributed by atoms with Crippen molar-refractivity contribution in [2.75, 3.05) is 11.1 Å². The summed E-state index contributed by atoms with van der Waals surface area (Å²) in [5.74, 6) is 0.0441. The van der Waals surface area contributed by atoms with Crippen molar-refractivity contribution >= 4 is 34.1 Å². The maximum absolute atomic E-state index is 13.2. The third-order valence-corrected chi connectivity index (χ3v) is 6.74. The molecule has 2 amide bonds. The van der Waals surface area contributed by atoms with Crippen LogP contribution >= 0.6 is 0 Å². The Kier molecular flexibility index (Phi) is 8.08. The van der Waals surface area contributed by atoms with Crippen LogP contribution in [-0.2, 0) is 4.79 Å². The SMILES string of the molecule is CC(C)c1ccc(C(=O)NC(c2ccc(C(C)C)cc2)C(O)C(=O)Nc2ccc3c(N)nccc3c2)cc1. The topological polar surface area (TPSA) is 117 Å². The summed E-state index contributed by atoms with van der Waals surface area (Å²) in [6, 6.07) is 21.0. The largest absolute Gasteiger partial charge is 0.383 e. The number of carbonyl (C=O) groups excluding carboxylic acids is 2. The molecule has 2 atom stereocenters. The summed E-state index contributed by atoms with van der Waals surface area (Å²) in [7, 11) is 0. The number of aromatic nitrogens is 1. The molecule has 0 aliphatic rings. The third kappa shape index (κ3) is 6.01. The van der Waals surface area contributed by atoms with Crippen LogP contribution < -0.4 is 16.4 Å². The minimum atomic E-state index is -1.54. The first-order valence-electron chi connectivity index (χ1n) is 12.8. The molecule has 3 aromatic carbocycles. The molecule has 196 valence electrons. The average Bonchev–Trinajstić information content (AvgIpc) is 2.91. The van der Waals surface area contributed by atoms with Gasteiger partial charge in [0.1, 0.15) is 5.82 Å². The Bertz CT molecular complexity index is 1430. The number of pyridine rings is 1. The molecule has 0 fully saturated rings. The molecule has 0 aliphatic carbocycles. The normalized spacial score (nSPS) is 12.9. The van der Waals surface area contributed by atoms with Crippen LogP contribution in [0.4, 0.5) is 11.5 Å². The molecule has 38 heavy (non-hydrogen) atoms. The summed E-state index contributed by atoms with van der Waals surface area (Å²) in [4.78, 5) is 30.4. The first kappa shape index (κ1) is 26.8. The number of hydrogen-bond donors (Lipinski definition) is 4. The Labute approximate surface area is 223 Å². The van der Waals surface area contributed by atoms with Gasteiger partial charge in [0, 0.05) is 22.8 Å². The molecular weight excluding hydrogens is 476 g/mol. The van der Waals surface area contributed by atoms with Gasteiger partial charge in [0.2, 0.25) is 0 Å². The van der Waals surface area contributed by atoms with Crippen molar-refractivity contribution in [2.45, 2.75) is 51.7 Å². The van der Waals surface area contributed by atoms with Crippen LogP contribution in [0.2, 0.25) is 0 Å². The fourth-order valence-corrected chi connectivity index (χ4v) is 4.32. The zero-order chi connectivity index (χ0) is 27.4. The van der Waals surface area contributed by atoms with Crippen molar-refractivity contribution < 1.29 is 14.7 Å². The molecule has 0 radical (unpaired) electrons. The number of hydrogen-bond acceptors (Lipinski definition) is 5. The Morgan fingerprint density at radius 2 is 1.39 bits per heavy atom. The van der Waals surface area contributed by atoms with Crippen molar-refractivity contribution in [1.82, 2.24) is 10.3 Å². The van der Waals surface area contributed by atoms with Crippen molar-refractivity contribution in [3.63, 3.8) is 0 Å². The second-order valence-electron chi connectivity index (χ2n) is 10.1. The first-order chi connectivity index (χ1) is 18.1. The van der Waals surface area contributed by atoms with E-state index < -0.39 is 18.1 Å². The van der Waals surface area contributed by atoms with E-state index in [4.69, 9.17) is 5.73 Å². The number of aliphatic hydroxyl groups is 1. The zero-order valence-corrected chi connectivity index (χ0v) is 22.1. The van der Waals surface area contributed by atoms with Gasteiger partial charge in [0.15, 0.2) is 6.10 Å². The summed E-state index contributed by atoms with van der Waals surface area (Å²) in [6.07, 6.45) is 0.0510. The van der Waals surface area contributed by atoms with Crippen molar-refractivity contribution in [2.24, 2.45) is 0 Å². The number of nitrogens with zero attached hydrogens (tertiary/aromatic N) is 1. The average molecular weight is 511 g/mol. The quantitative estimate of drug-likeness (QED) is 0.248. The molecule has 7 nitrogen and oxygen atoms in total. The van der Waals surface area contributed by atoms with Gasteiger partial charge in [0.25, 0.3) is 11.8 Å². The number of nitrogens with one attached hydrogen (secondary N) is 2. The molecule has 4 rings (SSSR count). The van der Waals surface area contributed by atoms with Gasteiger partial charge in [-0.1, -0.05) is 64.1 Å². The standard InChI is InChI=1S/C31H34N4O3/c1-18(2)20-5-9-22(10-6-20)27(35-30(37)23-11-7-21(8-12-23)19(3)4)28(36)31(38)34-25-13-14-26-24(17-25)15-16-33-29(26)32/h5-19,27-28,36H,1-4H3,(H2,32,33)(H,34,38)(H,35,37). The molecule has 5 N–H and O–H groups in total. The number of nitrogen functional groups attached to an aromatic ring is 1. The number of carbonyl (C=O) groups is 2. The summed E-state index contributed by atoms with van der Waals surface area (Å²) < 4.78 is 0. The summed E-state index contributed by atoms with van der Waals surface area (Å²) >= 11 is 0. The van der Waals surface area contributed by atoms with Crippen LogP contribution in [-0.4, -0.2) is 28.0 Å². The number of anilines is 2. The van der Waals surface area contributed by atoms with Crippen LogP contribution in [0.15, 0.2) is 79.0 Å². The van der Waals surface area contributed by atoms with Crippen molar-refractivity contribution in [3.8, 4) is 0 Å². The van der Waals surface area contributed by atoms with Gasteiger partial charge < -0.3 is 21.5 Å². The molecule has 4 aromatic rings. The summed E-state index contributed by atoms with van der Waals surface area (Å²) in [6.45, 7) is 8.35. The molecule has 1 aromatic heterocycles. The van der Waals surface area contributed by atoms with E-state index in [0.717, 1.165) is 21.9 Å². The molecule has 2 unspecified atom stereocenters. The molecule has 0 saturated heterocycles. The monoisotopic (exact) mass is 510 g/mol. The van der Waals surface area contributed by atoms with E-state index in [1.54, 1.807) is 42.6 Å². The molecule has 0 bridgehead atoms. The second kappa shape index (κ2) is 11.4. The lowest BCUT2D eigenvalue weighted by atomic mass is 9.95. The van der Waals surface area contributed by atoms with Gasteiger partial charge in [-0.25, -0.2) is 4.98 Å². The number of aliphatic hydroxyl groups excluding tert-OH is 1. The minimum absolute atomic E-state index is 0.321. The smallest absolute Gasteiger partial charge is 0.255 e. The van der Waals surface area contributed by atoms with Crippen LogP contribution in [0.5, 0.6) is 0 Å². The highest BCUT2D eigenvalue weighted by Gasteiger charge is 2.30. The molecule has 0 aliphatic heterocycles. The number of rotatable bonds is 8. The molecule has 0 saturated carbocycles. The fraction of sp³-hybridized carbons (Fsp3) is 0.258. The Morgan fingerprint density at radius 1 is 0.816 bits per heavy atom.